The first kappa shape index (κ1) is 79.0. The fourth-order valence-corrected chi connectivity index (χ4v) is 12.5. The van der Waals surface area contributed by atoms with E-state index < -0.39 is 0 Å². The highest BCUT2D eigenvalue weighted by Crippen LogP contribution is 2.17. The second kappa shape index (κ2) is 67.5. The zero-order valence-electron chi connectivity index (χ0n) is 57.4. The largest absolute Gasteiger partial charge is 0.305 e. The summed E-state index contributed by atoms with van der Waals surface area (Å²) in [5.74, 6) is 0. The molecule has 0 aliphatic carbocycles. The van der Waals surface area contributed by atoms with Gasteiger partial charge in [-0.2, -0.15) is 0 Å². The van der Waals surface area contributed by atoms with Gasteiger partial charge < -0.3 is 14.7 Å². The number of hydrogen-bond acceptors (Lipinski definition) is 5. The van der Waals surface area contributed by atoms with E-state index in [1.165, 1.54) is 426 Å². The molecule has 0 bridgehead atoms. The lowest BCUT2D eigenvalue weighted by Gasteiger charge is -2.36. The van der Waals surface area contributed by atoms with Gasteiger partial charge in [0.25, 0.3) is 0 Å². The zero-order chi connectivity index (χ0) is 58.8. The molecule has 0 aromatic rings. The van der Waals surface area contributed by atoms with Crippen LogP contribution in [0, 0.1) is 0 Å². The molecule has 5 heteroatoms. The van der Waals surface area contributed by atoms with Crippen LogP contribution in [0.1, 0.15) is 362 Å². The van der Waals surface area contributed by atoms with Gasteiger partial charge in [0.2, 0.25) is 0 Å². The van der Waals surface area contributed by atoms with Gasteiger partial charge in [-0.1, -0.05) is 295 Å². The third-order valence-electron chi connectivity index (χ3n) is 18.6. The maximum atomic E-state index is 2.92. The minimum Gasteiger partial charge on any atom is -0.305 e. The van der Waals surface area contributed by atoms with E-state index in [1.807, 2.05) is 0 Å². The molecule has 1 heterocycles. The van der Waals surface area contributed by atoms with Crippen LogP contribution in [0.4, 0.5) is 0 Å². The normalized spacial score (nSPS) is 13.9. The Balaban J connectivity index is 2.65. The van der Waals surface area contributed by atoms with Crippen molar-refractivity contribution in [3.8, 4) is 0 Å². The molecule has 486 valence electrons. The van der Waals surface area contributed by atoms with E-state index in [9.17, 15) is 0 Å². The van der Waals surface area contributed by atoms with E-state index in [0.717, 1.165) is 0 Å². The van der Waals surface area contributed by atoms with Gasteiger partial charge in [-0.15, -0.1) is 0 Å². The molecule has 0 atom stereocenters. The molecule has 0 N–H and O–H groups in total. The van der Waals surface area contributed by atoms with Crippen molar-refractivity contribution in [2.24, 2.45) is 0 Å². The summed E-state index contributed by atoms with van der Waals surface area (Å²) < 4.78 is 0. The van der Waals surface area contributed by atoms with E-state index in [0.29, 0.717) is 0 Å². The lowest BCUT2D eigenvalue weighted by molar-refractivity contribution is 0.107. The van der Waals surface area contributed by atoms with Crippen LogP contribution >= 0.6 is 0 Å². The summed E-state index contributed by atoms with van der Waals surface area (Å²) in [6.45, 7) is 27.0. The van der Waals surface area contributed by atoms with Crippen LogP contribution in [-0.2, 0) is 0 Å². The summed E-state index contributed by atoms with van der Waals surface area (Å²) in [5, 5.41) is 0. The molecule has 0 radical (unpaired) electrons. The summed E-state index contributed by atoms with van der Waals surface area (Å²) in [6.07, 6.45) is 87.6. The van der Waals surface area contributed by atoms with Crippen molar-refractivity contribution >= 4 is 0 Å². The van der Waals surface area contributed by atoms with Gasteiger partial charge in [0.05, 0.1) is 0 Å². The first-order valence-corrected chi connectivity index (χ1v) is 38.2. The Labute approximate surface area is 518 Å². The van der Waals surface area contributed by atoms with Crippen LogP contribution in [-0.4, -0.2) is 123 Å². The standard InChI is InChI=1S/C77H153N5/c1-6-10-14-18-22-26-30-33-36-39-42-45-49-53-57-61-65-79(66-62-58-54-50-46-43-40-37-34-31-27-23-19-15-11-7-2)70-71-80(67-63-59-55-51-47-44-41-38-35-32-28-24-20-16-12-8-3)72-73-82-76-74-81(75-77-82)69-68-78(5)64-60-56-52-48-29-25-21-17-13-9-4/h33-38H,6-32,39-77H2,1-5H3/b36-33-,37-34-,38-35-. The monoisotopic (exact) mass is 1150 g/mol. The van der Waals surface area contributed by atoms with E-state index in [4.69, 9.17) is 0 Å². The predicted molar refractivity (Wildman–Crippen MR) is 373 cm³/mol. The summed E-state index contributed by atoms with van der Waals surface area (Å²) in [6, 6.07) is 0. The third-order valence-corrected chi connectivity index (χ3v) is 18.6. The molecular formula is C77H153N5. The van der Waals surface area contributed by atoms with Crippen LogP contribution in [0.5, 0.6) is 0 Å². The first-order valence-electron chi connectivity index (χ1n) is 38.2. The van der Waals surface area contributed by atoms with Gasteiger partial charge in [-0.25, -0.2) is 0 Å². The van der Waals surface area contributed by atoms with Gasteiger partial charge in [0.1, 0.15) is 0 Å². The van der Waals surface area contributed by atoms with Crippen molar-refractivity contribution in [2.75, 3.05) is 98.7 Å². The summed E-state index contributed by atoms with van der Waals surface area (Å²) >= 11 is 0. The average molecular weight is 1150 g/mol. The number of hydrogen-bond donors (Lipinski definition) is 0. The molecule has 0 spiro atoms. The molecule has 1 rings (SSSR count). The Kier molecular flexibility index (Phi) is 65.1. The molecule has 0 unspecified atom stereocenters. The fourth-order valence-electron chi connectivity index (χ4n) is 12.5. The highest BCUT2D eigenvalue weighted by Gasteiger charge is 2.18. The number of unbranched alkanes of at least 4 members (excludes halogenated alkanes) is 45. The third kappa shape index (κ3) is 59.4. The molecule has 5 nitrogen and oxygen atoms in total. The van der Waals surface area contributed by atoms with E-state index in [1.54, 1.807) is 0 Å². The van der Waals surface area contributed by atoms with E-state index >= 15 is 0 Å². The number of likely N-dealkylation sites (N-methyl/N-ethyl adjacent to an activating group) is 1. The summed E-state index contributed by atoms with van der Waals surface area (Å²) in [5.41, 5.74) is 0. The SMILES string of the molecule is CCCCCCCC/C=C\CCCCCCCCN(CCCCCCCC/C=C\CCCCCCCC)CCN(CCCCCCCC/C=C\CCCCCCCC)CCN1CCN(CCN(C)CCCCCCCCCCCC)CC1. The predicted octanol–water partition coefficient (Wildman–Crippen LogP) is 23.2. The molecule has 1 aliphatic rings. The van der Waals surface area contributed by atoms with E-state index in [-0.39, 0.29) is 0 Å². The van der Waals surface area contributed by atoms with Crippen LogP contribution in [0.2, 0.25) is 0 Å². The summed E-state index contributed by atoms with van der Waals surface area (Å²) in [7, 11) is 2.37. The number of nitrogens with zero attached hydrogens (tertiary/aromatic N) is 5. The summed E-state index contributed by atoms with van der Waals surface area (Å²) in [4.78, 5) is 14.0. The minimum absolute atomic E-state index is 1.23. The second-order valence-electron chi connectivity index (χ2n) is 26.7. The molecule has 0 saturated carbocycles. The van der Waals surface area contributed by atoms with Gasteiger partial charge in [0, 0.05) is 65.4 Å². The lowest BCUT2D eigenvalue weighted by atomic mass is 10.1. The maximum Gasteiger partial charge on any atom is 0.0110 e. The molecule has 1 aliphatic heterocycles. The first-order chi connectivity index (χ1) is 40.6. The second-order valence-corrected chi connectivity index (χ2v) is 26.7. The smallest absolute Gasteiger partial charge is 0.0110 e. The molecule has 82 heavy (non-hydrogen) atoms. The molecule has 0 amide bonds. The Morgan fingerprint density at radius 2 is 0.427 bits per heavy atom. The van der Waals surface area contributed by atoms with Crippen molar-refractivity contribution in [3.63, 3.8) is 0 Å². The zero-order valence-corrected chi connectivity index (χ0v) is 57.4. The van der Waals surface area contributed by atoms with E-state index in [2.05, 4.69) is 95.7 Å². The highest BCUT2D eigenvalue weighted by molar-refractivity contribution is 4.83. The molecule has 0 aromatic carbocycles. The lowest BCUT2D eigenvalue weighted by Crippen LogP contribution is -2.50. The molecular weight excluding hydrogens is 995 g/mol. The Hall–Kier alpha value is -0.980. The Bertz CT molecular complexity index is 1230. The maximum absolute atomic E-state index is 2.92. The molecule has 0 aromatic heterocycles. The van der Waals surface area contributed by atoms with Gasteiger partial charge in [0.15, 0.2) is 0 Å². The van der Waals surface area contributed by atoms with Crippen LogP contribution < -0.4 is 0 Å². The fraction of sp³-hybridized carbons (Fsp3) is 0.922. The van der Waals surface area contributed by atoms with Crippen LogP contribution in [0.3, 0.4) is 0 Å². The van der Waals surface area contributed by atoms with Gasteiger partial charge in [-0.3, -0.25) is 9.80 Å². The topological polar surface area (TPSA) is 16.2 Å². The molecule has 1 saturated heterocycles. The minimum atomic E-state index is 1.23. The van der Waals surface area contributed by atoms with Crippen molar-refractivity contribution < 1.29 is 0 Å². The molecule has 1 fully saturated rings. The average Bonchev–Trinajstić information content (AvgIpc) is 3.49. The van der Waals surface area contributed by atoms with Crippen molar-refractivity contribution in [1.82, 2.24) is 24.5 Å². The van der Waals surface area contributed by atoms with Crippen LogP contribution in [0.15, 0.2) is 36.5 Å². The number of rotatable bonds is 68. The van der Waals surface area contributed by atoms with Crippen molar-refractivity contribution in [1.29, 1.82) is 0 Å². The number of piperazine rings is 1. The quantitative estimate of drug-likeness (QED) is 0.0444. The Morgan fingerprint density at radius 1 is 0.220 bits per heavy atom. The van der Waals surface area contributed by atoms with Crippen molar-refractivity contribution in [2.45, 2.75) is 362 Å². The van der Waals surface area contributed by atoms with Gasteiger partial charge in [-0.05, 0) is 136 Å². The highest BCUT2D eigenvalue weighted by atomic mass is 15.3. The van der Waals surface area contributed by atoms with Gasteiger partial charge >= 0.3 is 0 Å². The number of allylic oxidation sites excluding steroid dienone is 6. The Morgan fingerprint density at radius 3 is 0.695 bits per heavy atom. The van der Waals surface area contributed by atoms with Crippen LogP contribution in [0.25, 0.3) is 0 Å². The van der Waals surface area contributed by atoms with Crippen molar-refractivity contribution in [3.05, 3.63) is 36.5 Å².